The molecule has 0 aliphatic carbocycles. The number of hydrogen-bond donors (Lipinski definition) is 2. The number of thioether (sulfide) groups is 1. The summed E-state index contributed by atoms with van der Waals surface area (Å²) in [5.74, 6) is 0.476. The van der Waals surface area contributed by atoms with Crippen LogP contribution in [0, 0.1) is 0 Å². The van der Waals surface area contributed by atoms with Crippen LogP contribution in [0.25, 0.3) is 17.5 Å². The Hall–Kier alpha value is -2.49. The summed E-state index contributed by atoms with van der Waals surface area (Å²) in [6, 6.07) is 10.5. The Morgan fingerprint density at radius 2 is 2.07 bits per heavy atom. The van der Waals surface area contributed by atoms with Gasteiger partial charge in [0, 0.05) is 10.6 Å². The monoisotopic (exact) mass is 509 g/mol. The van der Waals surface area contributed by atoms with Crippen LogP contribution < -0.4 is 9.47 Å². The number of aromatic nitrogens is 3. The molecule has 0 radical (unpaired) electrons. The molecular weight excluding hydrogens is 494 g/mol. The van der Waals surface area contributed by atoms with Gasteiger partial charge in [-0.05, 0) is 82.7 Å². The van der Waals surface area contributed by atoms with E-state index in [1.807, 2.05) is 6.92 Å². The molecule has 0 aliphatic rings. The molecule has 1 heterocycles. The smallest absolute Gasteiger partial charge is 0.342 e. The average molecular weight is 511 g/mol. The number of carbonyl (C=O) groups is 1. The van der Waals surface area contributed by atoms with Crippen molar-refractivity contribution in [2.45, 2.75) is 12.1 Å². The number of carboxylic acid groups (broad SMARTS) is 1. The first-order valence-corrected chi connectivity index (χ1v) is 10.7. The molecule has 0 saturated heterocycles. The van der Waals surface area contributed by atoms with Crippen molar-refractivity contribution in [2.24, 2.45) is 0 Å². The minimum absolute atomic E-state index is 0.0507. The van der Waals surface area contributed by atoms with Gasteiger partial charge in [0.25, 0.3) is 0 Å². The number of methoxy groups -OCH3 is 1. The van der Waals surface area contributed by atoms with Crippen molar-refractivity contribution < 1.29 is 19.4 Å². The predicted octanol–water partition coefficient (Wildman–Crippen LogP) is 5.51. The van der Waals surface area contributed by atoms with Crippen LogP contribution in [0.1, 0.15) is 12.5 Å². The van der Waals surface area contributed by atoms with Gasteiger partial charge in [0.15, 0.2) is 17.3 Å². The molecule has 30 heavy (non-hydrogen) atoms. The third-order valence-electron chi connectivity index (χ3n) is 3.83. The largest absolute Gasteiger partial charge is 0.493 e. The van der Waals surface area contributed by atoms with Crippen LogP contribution in [-0.2, 0) is 4.79 Å². The van der Waals surface area contributed by atoms with Gasteiger partial charge in [0.1, 0.15) is 4.91 Å². The normalized spacial score (nSPS) is 11.4. The second-order valence-electron chi connectivity index (χ2n) is 5.86. The number of benzene rings is 2. The van der Waals surface area contributed by atoms with E-state index in [4.69, 9.17) is 21.1 Å². The Balaban J connectivity index is 1.88. The van der Waals surface area contributed by atoms with Crippen LogP contribution in [0.5, 0.6) is 11.5 Å². The number of ether oxygens (including phenoxy) is 2. The molecule has 10 heteroatoms. The van der Waals surface area contributed by atoms with Gasteiger partial charge in [-0.3, -0.25) is 5.10 Å². The summed E-state index contributed by atoms with van der Waals surface area (Å²) in [7, 11) is 1.52. The Morgan fingerprint density at radius 1 is 1.33 bits per heavy atom. The number of rotatable bonds is 8. The van der Waals surface area contributed by atoms with Crippen molar-refractivity contribution in [3.8, 4) is 22.9 Å². The molecule has 0 amide bonds. The van der Waals surface area contributed by atoms with Crippen molar-refractivity contribution >= 4 is 51.3 Å². The van der Waals surface area contributed by atoms with E-state index in [2.05, 4.69) is 31.1 Å². The average Bonchev–Trinajstić information content (AvgIpc) is 3.18. The summed E-state index contributed by atoms with van der Waals surface area (Å²) >= 11 is 10.3. The Labute approximate surface area is 190 Å². The number of aromatic amines is 1. The van der Waals surface area contributed by atoms with Crippen molar-refractivity contribution in [3.05, 3.63) is 56.4 Å². The molecule has 0 bridgehead atoms. The van der Waals surface area contributed by atoms with Crippen LogP contribution in [0.2, 0.25) is 5.02 Å². The molecule has 3 rings (SSSR count). The molecule has 2 aromatic carbocycles. The second kappa shape index (κ2) is 10.0. The van der Waals surface area contributed by atoms with Crippen LogP contribution >= 0.6 is 39.3 Å². The van der Waals surface area contributed by atoms with E-state index in [1.165, 1.54) is 13.2 Å². The molecular formula is C20H17BrClN3O4S. The van der Waals surface area contributed by atoms with E-state index in [9.17, 15) is 9.90 Å². The maximum atomic E-state index is 11.8. The van der Waals surface area contributed by atoms with Crippen molar-refractivity contribution in [1.82, 2.24) is 15.2 Å². The van der Waals surface area contributed by atoms with Gasteiger partial charge in [0.2, 0.25) is 5.16 Å². The molecule has 0 fully saturated rings. The van der Waals surface area contributed by atoms with E-state index in [0.29, 0.717) is 39.0 Å². The maximum absolute atomic E-state index is 11.8. The molecule has 0 atom stereocenters. The molecule has 1 aromatic heterocycles. The molecule has 2 N–H and O–H groups in total. The van der Waals surface area contributed by atoms with Crippen molar-refractivity contribution in [2.75, 3.05) is 13.7 Å². The van der Waals surface area contributed by atoms with Gasteiger partial charge in [-0.1, -0.05) is 11.6 Å². The predicted molar refractivity (Wildman–Crippen MR) is 120 cm³/mol. The standard InChI is InChI=1S/C20H17BrClN3O4S/c1-3-29-17-14(21)8-11(9-15(17)28-2)10-16(19(26)27)30-20-23-18(24-25-20)12-4-6-13(22)7-5-12/h4-10H,3H2,1-2H3,(H,26,27)(H,23,24,25)/b16-10-. The van der Waals surface area contributed by atoms with Gasteiger partial charge in [0.05, 0.1) is 18.2 Å². The van der Waals surface area contributed by atoms with Crippen LogP contribution in [0.15, 0.2) is 50.9 Å². The first kappa shape index (κ1) is 22.2. The summed E-state index contributed by atoms with van der Waals surface area (Å²) < 4.78 is 11.6. The lowest BCUT2D eigenvalue weighted by Gasteiger charge is -2.12. The van der Waals surface area contributed by atoms with Gasteiger partial charge in [-0.25, -0.2) is 9.78 Å². The molecule has 7 nitrogen and oxygen atoms in total. The Morgan fingerprint density at radius 3 is 2.70 bits per heavy atom. The molecule has 0 aliphatic heterocycles. The quantitative estimate of drug-likeness (QED) is 0.304. The highest BCUT2D eigenvalue weighted by Gasteiger charge is 2.16. The fourth-order valence-electron chi connectivity index (χ4n) is 2.52. The lowest BCUT2D eigenvalue weighted by Crippen LogP contribution is -1.99. The molecule has 0 saturated carbocycles. The SMILES string of the molecule is CCOc1c(Br)cc(/C=C(\Sc2n[nH]c(-c3ccc(Cl)cc3)n2)C(=O)O)cc1OC. The maximum Gasteiger partial charge on any atom is 0.342 e. The lowest BCUT2D eigenvalue weighted by atomic mass is 10.2. The molecule has 156 valence electrons. The number of nitrogens with zero attached hydrogens (tertiary/aromatic N) is 2. The zero-order valence-corrected chi connectivity index (χ0v) is 19.1. The fraction of sp³-hybridized carbons (Fsp3) is 0.150. The van der Waals surface area contributed by atoms with Crippen LogP contribution in [-0.4, -0.2) is 40.0 Å². The summed E-state index contributed by atoms with van der Waals surface area (Å²) in [5.41, 5.74) is 1.42. The van der Waals surface area contributed by atoms with Crippen LogP contribution in [0.3, 0.4) is 0 Å². The fourth-order valence-corrected chi connectivity index (χ4v) is 3.93. The highest BCUT2D eigenvalue weighted by Crippen LogP contribution is 2.38. The van der Waals surface area contributed by atoms with Gasteiger partial charge >= 0.3 is 5.97 Å². The Bertz CT molecular complexity index is 1090. The molecule has 0 spiro atoms. The summed E-state index contributed by atoms with van der Waals surface area (Å²) in [5, 5.41) is 17.5. The first-order chi connectivity index (χ1) is 14.4. The van der Waals surface area contributed by atoms with Gasteiger partial charge < -0.3 is 14.6 Å². The number of aliphatic carboxylic acids is 1. The third-order valence-corrected chi connectivity index (χ3v) is 5.55. The zero-order valence-electron chi connectivity index (χ0n) is 16.0. The third kappa shape index (κ3) is 5.35. The highest BCUT2D eigenvalue weighted by molar-refractivity contribution is 9.10. The van der Waals surface area contributed by atoms with Crippen molar-refractivity contribution in [1.29, 1.82) is 0 Å². The van der Waals surface area contributed by atoms with E-state index in [1.54, 1.807) is 36.4 Å². The van der Waals surface area contributed by atoms with Gasteiger partial charge in [-0.2, -0.15) is 0 Å². The van der Waals surface area contributed by atoms with E-state index in [-0.39, 0.29) is 10.1 Å². The number of carboxylic acids is 1. The number of halogens is 2. The molecule has 3 aromatic rings. The summed E-state index contributed by atoms with van der Waals surface area (Å²) in [4.78, 5) is 16.2. The minimum Gasteiger partial charge on any atom is -0.493 e. The zero-order chi connectivity index (χ0) is 21.7. The summed E-state index contributed by atoms with van der Waals surface area (Å²) in [6.07, 6.45) is 1.52. The molecule has 0 unspecified atom stereocenters. The minimum atomic E-state index is -1.10. The highest BCUT2D eigenvalue weighted by atomic mass is 79.9. The second-order valence-corrected chi connectivity index (χ2v) is 8.16. The topological polar surface area (TPSA) is 97.3 Å². The van der Waals surface area contributed by atoms with E-state index in [0.717, 1.165) is 17.3 Å². The number of hydrogen-bond acceptors (Lipinski definition) is 6. The lowest BCUT2D eigenvalue weighted by molar-refractivity contribution is -0.131. The summed E-state index contributed by atoms with van der Waals surface area (Å²) in [6.45, 7) is 2.34. The van der Waals surface area contributed by atoms with Crippen LogP contribution in [0.4, 0.5) is 0 Å². The number of nitrogens with one attached hydrogen (secondary N) is 1. The first-order valence-electron chi connectivity index (χ1n) is 8.72. The van der Waals surface area contributed by atoms with Crippen molar-refractivity contribution in [3.63, 3.8) is 0 Å². The van der Waals surface area contributed by atoms with E-state index < -0.39 is 5.97 Å². The Kier molecular flexibility index (Phi) is 7.41. The van der Waals surface area contributed by atoms with E-state index >= 15 is 0 Å². The number of H-pyrrole nitrogens is 1. The van der Waals surface area contributed by atoms with Gasteiger partial charge in [-0.15, -0.1) is 5.10 Å².